The minimum atomic E-state index is -0.886. The Labute approximate surface area is 256 Å². The van der Waals surface area contributed by atoms with Crippen molar-refractivity contribution in [3.8, 4) is 11.5 Å². The number of carboxylic acid groups (broad SMARTS) is 1. The number of aromatic carboxylic acids is 1. The molecule has 5 nitrogen and oxygen atoms in total. The van der Waals surface area contributed by atoms with Crippen LogP contribution >= 0.6 is 0 Å². The van der Waals surface area contributed by atoms with Gasteiger partial charge in [0.25, 0.3) is 0 Å². The van der Waals surface area contributed by atoms with E-state index in [1.165, 1.54) is 22.2 Å². The molecular formula is C38H47N2O3+. The van der Waals surface area contributed by atoms with E-state index in [9.17, 15) is 9.90 Å². The number of benzene rings is 3. The van der Waals surface area contributed by atoms with Gasteiger partial charge in [-0.2, -0.15) is 0 Å². The highest BCUT2D eigenvalue weighted by atomic mass is 16.5. The number of carbonyl (C=O) groups is 1. The van der Waals surface area contributed by atoms with Crippen molar-refractivity contribution in [2.24, 2.45) is 11.8 Å². The van der Waals surface area contributed by atoms with Gasteiger partial charge in [-0.1, -0.05) is 27.7 Å². The fourth-order valence-electron chi connectivity index (χ4n) is 8.04. The summed E-state index contributed by atoms with van der Waals surface area (Å²) >= 11 is 0. The van der Waals surface area contributed by atoms with Crippen LogP contribution in [0.3, 0.4) is 0 Å². The Hall–Kier alpha value is -3.60. The summed E-state index contributed by atoms with van der Waals surface area (Å²) in [7, 11) is 4.35. The van der Waals surface area contributed by atoms with E-state index in [0.29, 0.717) is 41.3 Å². The Balaban J connectivity index is 1.82. The van der Waals surface area contributed by atoms with Crippen LogP contribution in [0.5, 0.6) is 11.5 Å². The fraction of sp³-hybridized carbons (Fsp3) is 0.474. The number of hydrogen-bond acceptors (Lipinski definition) is 3. The van der Waals surface area contributed by atoms with E-state index in [1.54, 1.807) is 0 Å². The molecule has 6 atom stereocenters. The molecule has 0 radical (unpaired) electrons. The molecule has 0 amide bonds. The Kier molecular flexibility index (Phi) is 6.83. The summed E-state index contributed by atoms with van der Waals surface area (Å²) in [5.74, 6) is 2.36. The summed E-state index contributed by atoms with van der Waals surface area (Å²) in [6, 6.07) is 9.81. The predicted molar refractivity (Wildman–Crippen MR) is 176 cm³/mol. The summed E-state index contributed by atoms with van der Waals surface area (Å²) in [6.07, 6.45) is 0. The topological polar surface area (TPSA) is 52.8 Å². The second kappa shape index (κ2) is 9.97. The first-order valence-corrected chi connectivity index (χ1v) is 15.9. The first-order valence-electron chi connectivity index (χ1n) is 15.9. The summed E-state index contributed by atoms with van der Waals surface area (Å²) in [5.41, 5.74) is 11.0. The maximum Gasteiger partial charge on any atom is 0.336 e. The normalized spacial score (nSPS) is 25.9. The molecule has 0 fully saturated rings. The summed E-state index contributed by atoms with van der Waals surface area (Å²) in [4.78, 5) is 15.5. The molecule has 1 N–H and O–H groups in total. The van der Waals surface area contributed by atoms with E-state index in [0.717, 1.165) is 55.7 Å². The third-order valence-electron chi connectivity index (χ3n) is 12.2. The average Bonchev–Trinajstić information content (AvgIpc) is 2.98. The largest absolute Gasteiger partial charge is 0.478 e. The third kappa shape index (κ3) is 4.03. The number of carboxylic acids is 1. The Morgan fingerprint density at radius 3 is 2.09 bits per heavy atom. The molecule has 5 heteroatoms. The van der Waals surface area contributed by atoms with E-state index in [1.807, 2.05) is 13.8 Å². The number of nitrogens with zero attached hydrogens (tertiary/aromatic N) is 2. The lowest BCUT2D eigenvalue weighted by Gasteiger charge is -2.43. The van der Waals surface area contributed by atoms with E-state index in [4.69, 9.17) is 4.74 Å². The van der Waals surface area contributed by atoms with E-state index in [2.05, 4.69) is 103 Å². The van der Waals surface area contributed by atoms with Gasteiger partial charge in [0.2, 0.25) is 5.36 Å². The molecule has 0 spiro atoms. The highest BCUT2D eigenvalue weighted by Gasteiger charge is 2.38. The molecule has 0 aliphatic carbocycles. The van der Waals surface area contributed by atoms with Crippen molar-refractivity contribution in [2.45, 2.75) is 93.2 Å². The minimum absolute atomic E-state index is 0.357. The number of fused-ring (bicyclic) bond motifs is 4. The Morgan fingerprint density at radius 2 is 1.44 bits per heavy atom. The highest BCUT2D eigenvalue weighted by molar-refractivity contribution is 6.01. The Bertz CT molecular complexity index is 1850. The molecule has 226 valence electrons. The van der Waals surface area contributed by atoms with Crippen LogP contribution in [0.4, 0.5) is 5.69 Å². The van der Waals surface area contributed by atoms with E-state index < -0.39 is 5.97 Å². The van der Waals surface area contributed by atoms with Gasteiger partial charge in [-0.3, -0.25) is 0 Å². The molecule has 0 bridgehead atoms. The zero-order valence-electron chi connectivity index (χ0n) is 27.9. The second-order valence-electron chi connectivity index (χ2n) is 13.8. The lowest BCUT2D eigenvalue weighted by atomic mass is 9.76. The average molecular weight is 580 g/mol. The molecule has 3 aliphatic rings. The highest BCUT2D eigenvalue weighted by Crippen LogP contribution is 2.48. The van der Waals surface area contributed by atoms with Crippen LogP contribution in [0, 0.1) is 39.5 Å². The van der Waals surface area contributed by atoms with Crippen molar-refractivity contribution >= 4 is 17.2 Å². The van der Waals surface area contributed by atoms with Gasteiger partial charge in [-0.05, 0) is 99.2 Å². The van der Waals surface area contributed by atoms with Gasteiger partial charge in [0, 0.05) is 58.2 Å². The number of rotatable bonds is 2. The molecule has 0 saturated heterocycles. The van der Waals surface area contributed by atoms with Gasteiger partial charge in [-0.15, -0.1) is 0 Å². The van der Waals surface area contributed by atoms with Crippen molar-refractivity contribution < 1.29 is 14.6 Å². The monoisotopic (exact) mass is 579 g/mol. The number of ether oxygens (including phenoxy) is 1. The Morgan fingerprint density at radius 1 is 0.814 bits per heavy atom. The number of anilines is 1. The zero-order chi connectivity index (χ0) is 31.4. The molecule has 3 aromatic rings. The van der Waals surface area contributed by atoms with Gasteiger partial charge in [0.15, 0.2) is 6.04 Å². The summed E-state index contributed by atoms with van der Waals surface area (Å²) < 4.78 is 9.23. The van der Waals surface area contributed by atoms with Crippen LogP contribution in [0.15, 0.2) is 24.3 Å². The first kappa shape index (κ1) is 29.5. The molecule has 43 heavy (non-hydrogen) atoms. The van der Waals surface area contributed by atoms with Crippen molar-refractivity contribution in [2.75, 3.05) is 19.0 Å². The van der Waals surface area contributed by atoms with E-state index in [-0.39, 0.29) is 0 Å². The van der Waals surface area contributed by atoms with Crippen LogP contribution in [-0.4, -0.2) is 37.3 Å². The molecule has 0 saturated carbocycles. The van der Waals surface area contributed by atoms with Gasteiger partial charge < -0.3 is 14.7 Å². The standard InChI is InChI=1S/C38H46N2O3/c1-17-18(2)24(8)36(38(41)42)35(23(17)7)37-29-13-27-21(5)19(3)25(9)39(11)31(27)15-33(29)43-34-16-32-28(14-30(34)37)22(6)20(4)26(10)40(32)12/h13-16,19-22,25-26H,1-12H3/p+1. The van der Waals surface area contributed by atoms with Gasteiger partial charge in [0.05, 0.1) is 11.6 Å². The van der Waals surface area contributed by atoms with Crippen LogP contribution in [0.25, 0.3) is 5.57 Å². The zero-order valence-corrected chi connectivity index (χ0v) is 27.9. The first-order chi connectivity index (χ1) is 20.2. The van der Waals surface area contributed by atoms with Gasteiger partial charge in [-0.25, -0.2) is 9.37 Å². The quantitative estimate of drug-likeness (QED) is 0.265. The van der Waals surface area contributed by atoms with Gasteiger partial charge in [0.1, 0.15) is 18.5 Å². The second-order valence-corrected chi connectivity index (χ2v) is 13.8. The molecule has 6 rings (SSSR count). The minimum Gasteiger partial charge on any atom is -0.478 e. The maximum absolute atomic E-state index is 13.1. The van der Waals surface area contributed by atoms with Crippen molar-refractivity contribution in [1.82, 2.24) is 4.58 Å². The lowest BCUT2D eigenvalue weighted by Crippen LogP contribution is -2.47. The van der Waals surface area contributed by atoms with Crippen LogP contribution < -0.4 is 24.8 Å². The van der Waals surface area contributed by atoms with Crippen LogP contribution in [0.1, 0.15) is 108 Å². The smallest absolute Gasteiger partial charge is 0.336 e. The van der Waals surface area contributed by atoms with Crippen LogP contribution in [-0.2, 0) is 0 Å². The predicted octanol–water partition coefficient (Wildman–Crippen LogP) is 6.81. The van der Waals surface area contributed by atoms with Gasteiger partial charge >= 0.3 is 5.97 Å². The summed E-state index contributed by atoms with van der Waals surface area (Å²) in [5, 5.41) is 12.9. The lowest BCUT2D eigenvalue weighted by molar-refractivity contribution is 0.0695. The number of hydrogen-bond donors (Lipinski definition) is 1. The fourth-order valence-corrected chi connectivity index (χ4v) is 8.04. The molecule has 3 heterocycles. The van der Waals surface area contributed by atoms with Crippen LogP contribution in [0.2, 0.25) is 0 Å². The molecule has 0 aromatic heterocycles. The van der Waals surface area contributed by atoms with Crippen molar-refractivity contribution in [3.63, 3.8) is 0 Å². The van der Waals surface area contributed by atoms with Crippen molar-refractivity contribution in [1.29, 1.82) is 0 Å². The summed E-state index contributed by atoms with van der Waals surface area (Å²) in [6.45, 7) is 22.1. The molecule has 3 aliphatic heterocycles. The molecule has 3 aromatic carbocycles. The third-order valence-corrected chi connectivity index (χ3v) is 12.2. The van der Waals surface area contributed by atoms with Crippen molar-refractivity contribution in [3.05, 3.63) is 84.9 Å². The molecule has 6 unspecified atom stereocenters. The SMILES string of the molecule is Cc1c(C)c(C)c(C2=c3cc4c(cc3Oc3cc5c(cc32)C(C)C(C)C(C)N5C)=[N+](C)C(C)C(C)C4C)c(C(=O)O)c1C. The molecular weight excluding hydrogens is 532 g/mol. The maximum atomic E-state index is 13.1. The van der Waals surface area contributed by atoms with E-state index >= 15 is 0 Å².